The van der Waals surface area contributed by atoms with Crippen LogP contribution in [0.3, 0.4) is 0 Å². The Labute approximate surface area is 158 Å². The van der Waals surface area contributed by atoms with Gasteiger partial charge in [-0.2, -0.15) is 5.10 Å². The number of rotatable bonds is 3. The molecule has 1 aromatic carbocycles. The summed E-state index contributed by atoms with van der Waals surface area (Å²) in [4.78, 5) is 28.1. The summed E-state index contributed by atoms with van der Waals surface area (Å²) in [6.45, 7) is 7.21. The number of aryl methyl sites for hydroxylation is 1. The third kappa shape index (κ3) is 3.20. The lowest BCUT2D eigenvalue weighted by Gasteiger charge is -2.37. The SMILES string of the molecule is Cc1ncc(C(=O)N2CCn3nc(-c4ccccc4)nc3[C@@H]2C(C)C)cn1. The summed E-state index contributed by atoms with van der Waals surface area (Å²) >= 11 is 0. The fourth-order valence-corrected chi connectivity index (χ4v) is 3.48. The predicted molar refractivity (Wildman–Crippen MR) is 101 cm³/mol. The van der Waals surface area contributed by atoms with Crippen molar-refractivity contribution in [2.24, 2.45) is 5.92 Å². The fraction of sp³-hybridized carbons (Fsp3) is 0.350. The molecule has 3 aromatic rings. The van der Waals surface area contributed by atoms with E-state index in [-0.39, 0.29) is 17.9 Å². The van der Waals surface area contributed by atoms with Crippen LogP contribution in [0.5, 0.6) is 0 Å². The zero-order valence-electron chi connectivity index (χ0n) is 15.7. The molecule has 1 atom stereocenters. The largest absolute Gasteiger partial charge is 0.326 e. The van der Waals surface area contributed by atoms with Gasteiger partial charge >= 0.3 is 0 Å². The van der Waals surface area contributed by atoms with E-state index in [1.807, 2.05) is 39.9 Å². The maximum absolute atomic E-state index is 13.1. The van der Waals surface area contributed by atoms with E-state index in [0.29, 0.717) is 30.3 Å². The van der Waals surface area contributed by atoms with Crippen molar-refractivity contribution in [3.8, 4) is 11.4 Å². The van der Waals surface area contributed by atoms with Gasteiger partial charge in [0, 0.05) is 24.5 Å². The molecular formula is C20H22N6O. The number of carbonyl (C=O) groups is 1. The Balaban J connectivity index is 1.70. The lowest BCUT2D eigenvalue weighted by molar-refractivity contribution is 0.0536. The summed E-state index contributed by atoms with van der Waals surface area (Å²) in [7, 11) is 0. The zero-order valence-corrected chi connectivity index (χ0v) is 15.7. The molecule has 0 bridgehead atoms. The van der Waals surface area contributed by atoms with Crippen LogP contribution in [0.25, 0.3) is 11.4 Å². The van der Waals surface area contributed by atoms with E-state index in [0.717, 1.165) is 11.4 Å². The molecule has 0 aliphatic carbocycles. The van der Waals surface area contributed by atoms with Crippen LogP contribution in [0.4, 0.5) is 0 Å². The highest BCUT2D eigenvalue weighted by molar-refractivity contribution is 5.94. The highest BCUT2D eigenvalue weighted by atomic mass is 16.2. The van der Waals surface area contributed by atoms with Gasteiger partial charge in [0.1, 0.15) is 5.82 Å². The summed E-state index contributed by atoms with van der Waals surface area (Å²) in [5.74, 6) is 2.31. The van der Waals surface area contributed by atoms with Crippen LogP contribution < -0.4 is 0 Å². The van der Waals surface area contributed by atoms with Crippen molar-refractivity contribution >= 4 is 5.91 Å². The molecule has 7 nitrogen and oxygen atoms in total. The average Bonchev–Trinajstić information content (AvgIpc) is 3.12. The lowest BCUT2D eigenvalue weighted by Crippen LogP contribution is -2.44. The van der Waals surface area contributed by atoms with E-state index in [9.17, 15) is 4.79 Å². The van der Waals surface area contributed by atoms with E-state index >= 15 is 0 Å². The smallest absolute Gasteiger partial charge is 0.257 e. The predicted octanol–water partition coefficient (Wildman–Crippen LogP) is 2.90. The molecular weight excluding hydrogens is 340 g/mol. The summed E-state index contributed by atoms with van der Waals surface area (Å²) < 4.78 is 1.93. The number of amides is 1. The Bertz CT molecular complexity index is 948. The maximum Gasteiger partial charge on any atom is 0.257 e. The van der Waals surface area contributed by atoms with Gasteiger partial charge in [-0.05, 0) is 12.8 Å². The van der Waals surface area contributed by atoms with Gasteiger partial charge in [-0.1, -0.05) is 44.2 Å². The minimum Gasteiger partial charge on any atom is -0.326 e. The van der Waals surface area contributed by atoms with Crippen molar-refractivity contribution < 1.29 is 4.79 Å². The fourth-order valence-electron chi connectivity index (χ4n) is 3.48. The zero-order chi connectivity index (χ0) is 19.0. The summed E-state index contributed by atoms with van der Waals surface area (Å²) in [6.07, 6.45) is 3.19. The van der Waals surface area contributed by atoms with Crippen molar-refractivity contribution in [2.75, 3.05) is 6.54 Å². The molecule has 0 saturated heterocycles. The first-order chi connectivity index (χ1) is 13.0. The second kappa shape index (κ2) is 6.90. The highest BCUT2D eigenvalue weighted by Gasteiger charge is 2.36. The van der Waals surface area contributed by atoms with Crippen LogP contribution in [-0.2, 0) is 6.54 Å². The summed E-state index contributed by atoms with van der Waals surface area (Å²) in [6, 6.07) is 9.78. The van der Waals surface area contributed by atoms with Gasteiger partial charge in [0.2, 0.25) is 0 Å². The van der Waals surface area contributed by atoms with Crippen LogP contribution in [-0.4, -0.2) is 42.1 Å². The number of benzene rings is 1. The number of nitrogens with zero attached hydrogens (tertiary/aromatic N) is 6. The minimum absolute atomic E-state index is 0.0655. The van der Waals surface area contributed by atoms with E-state index in [1.165, 1.54) is 0 Å². The van der Waals surface area contributed by atoms with Gasteiger partial charge in [0.05, 0.1) is 18.2 Å². The first kappa shape index (κ1) is 17.3. The van der Waals surface area contributed by atoms with E-state index in [4.69, 9.17) is 4.98 Å². The quantitative estimate of drug-likeness (QED) is 0.716. The molecule has 4 rings (SSSR count). The molecule has 0 radical (unpaired) electrons. The van der Waals surface area contributed by atoms with Crippen molar-refractivity contribution in [3.63, 3.8) is 0 Å². The average molecular weight is 362 g/mol. The van der Waals surface area contributed by atoms with Crippen molar-refractivity contribution in [2.45, 2.75) is 33.4 Å². The second-order valence-electron chi connectivity index (χ2n) is 7.09. The van der Waals surface area contributed by atoms with Gasteiger partial charge in [-0.15, -0.1) is 0 Å². The molecule has 1 amide bonds. The Hall–Kier alpha value is -3.09. The van der Waals surface area contributed by atoms with Gasteiger partial charge in [0.15, 0.2) is 11.6 Å². The Morgan fingerprint density at radius 2 is 1.81 bits per heavy atom. The molecule has 7 heteroatoms. The monoisotopic (exact) mass is 362 g/mol. The highest BCUT2D eigenvalue weighted by Crippen LogP contribution is 2.33. The third-order valence-electron chi connectivity index (χ3n) is 4.81. The van der Waals surface area contributed by atoms with Gasteiger partial charge in [-0.3, -0.25) is 4.79 Å². The van der Waals surface area contributed by atoms with Crippen LogP contribution in [0.15, 0.2) is 42.7 Å². The molecule has 1 aliphatic heterocycles. The number of carbonyl (C=O) groups excluding carboxylic acids is 1. The van der Waals surface area contributed by atoms with Gasteiger partial charge in [-0.25, -0.2) is 19.6 Å². The van der Waals surface area contributed by atoms with Crippen molar-refractivity contribution in [1.82, 2.24) is 29.6 Å². The number of fused-ring (bicyclic) bond motifs is 1. The van der Waals surface area contributed by atoms with Crippen LogP contribution in [0, 0.1) is 12.8 Å². The molecule has 3 heterocycles. The van der Waals surface area contributed by atoms with Crippen LogP contribution in [0.2, 0.25) is 0 Å². The topological polar surface area (TPSA) is 76.8 Å². The van der Waals surface area contributed by atoms with Gasteiger partial charge in [0.25, 0.3) is 5.91 Å². The summed E-state index contributed by atoms with van der Waals surface area (Å²) in [5.41, 5.74) is 1.48. The normalized spacial score (nSPS) is 16.4. The lowest BCUT2D eigenvalue weighted by atomic mass is 9.99. The van der Waals surface area contributed by atoms with Crippen LogP contribution >= 0.6 is 0 Å². The van der Waals surface area contributed by atoms with E-state index < -0.39 is 0 Å². The Morgan fingerprint density at radius 1 is 1.11 bits per heavy atom. The van der Waals surface area contributed by atoms with Crippen molar-refractivity contribution in [3.05, 3.63) is 59.9 Å². The molecule has 0 N–H and O–H groups in total. The molecule has 2 aromatic heterocycles. The first-order valence-corrected chi connectivity index (χ1v) is 9.14. The molecule has 0 spiro atoms. The molecule has 1 aliphatic rings. The van der Waals surface area contributed by atoms with Gasteiger partial charge < -0.3 is 4.90 Å². The van der Waals surface area contributed by atoms with Crippen molar-refractivity contribution in [1.29, 1.82) is 0 Å². The molecule has 27 heavy (non-hydrogen) atoms. The number of hydrogen-bond acceptors (Lipinski definition) is 5. The standard InChI is InChI=1S/C20H22N6O/c1-13(2)17-19-23-18(15-7-5-4-6-8-15)24-26(19)10-9-25(17)20(27)16-11-21-14(3)22-12-16/h4-8,11-13,17H,9-10H2,1-3H3/t17-/m0/s1. The molecule has 138 valence electrons. The number of aromatic nitrogens is 5. The first-order valence-electron chi connectivity index (χ1n) is 9.14. The molecule has 0 fully saturated rings. The maximum atomic E-state index is 13.1. The second-order valence-corrected chi connectivity index (χ2v) is 7.09. The summed E-state index contributed by atoms with van der Waals surface area (Å²) in [5, 5.41) is 4.67. The Morgan fingerprint density at radius 3 is 2.48 bits per heavy atom. The van der Waals surface area contributed by atoms with E-state index in [2.05, 4.69) is 28.9 Å². The van der Waals surface area contributed by atoms with E-state index in [1.54, 1.807) is 19.3 Å². The van der Waals surface area contributed by atoms with Crippen LogP contribution in [0.1, 0.15) is 41.9 Å². The molecule has 0 saturated carbocycles. The number of hydrogen-bond donors (Lipinski definition) is 0. The third-order valence-corrected chi connectivity index (χ3v) is 4.81. The Kier molecular flexibility index (Phi) is 4.43. The molecule has 0 unspecified atom stereocenters. The minimum atomic E-state index is -0.141.